The summed E-state index contributed by atoms with van der Waals surface area (Å²) in [6.07, 6.45) is 6.05. The van der Waals surface area contributed by atoms with E-state index in [4.69, 9.17) is 11.4 Å². The predicted octanol–water partition coefficient (Wildman–Crippen LogP) is 13.6. The molecule has 0 atom stereocenters. The van der Waals surface area contributed by atoms with E-state index in [1.54, 1.807) is 0 Å². The number of nitrogens with zero attached hydrogens (tertiary/aromatic N) is 5. The highest BCUT2D eigenvalue weighted by Crippen LogP contribution is 2.48. The number of nitriles is 1. The van der Waals surface area contributed by atoms with Gasteiger partial charge in [-0.3, -0.25) is 4.57 Å². The molecule has 12 aromatic rings. The van der Waals surface area contributed by atoms with Crippen LogP contribution in [0.25, 0.3) is 105 Å². The minimum absolute atomic E-state index is 0.429. The van der Waals surface area contributed by atoms with Gasteiger partial charge >= 0.3 is 0 Å². The van der Waals surface area contributed by atoms with Crippen molar-refractivity contribution in [3.05, 3.63) is 205 Å². The van der Waals surface area contributed by atoms with Crippen LogP contribution in [0.15, 0.2) is 194 Å². The Labute approximate surface area is 351 Å². The van der Waals surface area contributed by atoms with Crippen LogP contribution in [0.1, 0.15) is 11.1 Å². The average molecular weight is 776 g/mol. The van der Waals surface area contributed by atoms with E-state index < -0.39 is 0 Å². The average Bonchev–Trinajstić information content (AvgIpc) is 3.97. The van der Waals surface area contributed by atoms with Gasteiger partial charge in [-0.05, 0) is 54.1 Å². The van der Waals surface area contributed by atoms with Crippen molar-refractivity contribution in [3.63, 3.8) is 0 Å². The molecule has 4 heterocycles. The summed E-state index contributed by atoms with van der Waals surface area (Å²) < 4.78 is 7.10. The van der Waals surface area contributed by atoms with Gasteiger partial charge in [-0.25, -0.2) is 4.98 Å². The number of rotatable bonds is 5. The third-order valence-electron chi connectivity index (χ3n) is 12.2. The molecule has 0 bridgehead atoms. The second-order valence-electron chi connectivity index (χ2n) is 15.3. The van der Waals surface area contributed by atoms with Crippen molar-refractivity contribution in [2.45, 2.75) is 0 Å². The van der Waals surface area contributed by atoms with E-state index in [1.807, 2.05) is 18.2 Å². The summed E-state index contributed by atoms with van der Waals surface area (Å²) >= 11 is 0. The zero-order valence-corrected chi connectivity index (χ0v) is 32.8. The van der Waals surface area contributed by atoms with Crippen molar-refractivity contribution in [1.29, 1.82) is 5.26 Å². The molecule has 0 aliphatic carbocycles. The van der Waals surface area contributed by atoms with E-state index in [1.165, 1.54) is 0 Å². The highest BCUT2D eigenvalue weighted by molar-refractivity contribution is 6.14. The van der Waals surface area contributed by atoms with Gasteiger partial charge in [0.25, 0.3) is 0 Å². The van der Waals surface area contributed by atoms with E-state index in [9.17, 15) is 5.26 Å². The van der Waals surface area contributed by atoms with E-state index >= 15 is 0 Å². The fraction of sp³-hybridized carbons (Fsp3) is 0. The molecule has 0 unspecified atom stereocenters. The first kappa shape index (κ1) is 34.4. The van der Waals surface area contributed by atoms with E-state index in [0.29, 0.717) is 11.1 Å². The minimum Gasteiger partial charge on any atom is -0.306 e. The third-order valence-corrected chi connectivity index (χ3v) is 12.2. The molecular formula is C56H33N5. The molecule has 61 heavy (non-hydrogen) atoms. The number of aromatic nitrogens is 4. The second-order valence-corrected chi connectivity index (χ2v) is 15.3. The Bertz CT molecular complexity index is 3690. The Hall–Kier alpha value is -8.64. The predicted molar refractivity (Wildman–Crippen MR) is 251 cm³/mol. The molecule has 12 rings (SSSR count). The first-order valence-corrected chi connectivity index (χ1v) is 20.3. The Balaban J connectivity index is 1.42. The molecule has 5 nitrogen and oxygen atoms in total. The van der Waals surface area contributed by atoms with Crippen LogP contribution in [-0.2, 0) is 0 Å². The number of hydrogen-bond acceptors (Lipinski definition) is 2. The Morgan fingerprint density at radius 2 is 0.787 bits per heavy atom. The molecule has 8 aromatic carbocycles. The molecule has 5 heteroatoms. The lowest BCUT2D eigenvalue weighted by Gasteiger charge is -2.26. The fourth-order valence-corrected chi connectivity index (χ4v) is 9.61. The van der Waals surface area contributed by atoms with Crippen LogP contribution in [0.5, 0.6) is 0 Å². The number of benzene rings is 8. The van der Waals surface area contributed by atoms with Crippen molar-refractivity contribution >= 4 is 65.4 Å². The standard InChI is InChI=1S/C56H33N5/c1-2-36-32-33-38(34-39(36)35-57)52-54(59-46-26-12-6-20-40(46)41-21-7-13-27-47(41)59)53(37-18-4-3-5-19-37)58-56(61-50-30-16-10-24-44(50)45-25-11-17-31-51(45)61)55(52)60-48-28-14-8-22-42(48)43-23-9-15-29-49(43)60/h1,3-34H. The molecule has 0 spiro atoms. The highest BCUT2D eigenvalue weighted by atomic mass is 15.1. The molecule has 0 radical (unpaired) electrons. The maximum atomic E-state index is 10.7. The van der Waals surface area contributed by atoms with Gasteiger partial charge in [0.05, 0.1) is 55.7 Å². The molecule has 282 valence electrons. The van der Waals surface area contributed by atoms with Crippen molar-refractivity contribution in [1.82, 2.24) is 18.7 Å². The van der Waals surface area contributed by atoms with Crippen molar-refractivity contribution in [2.24, 2.45) is 0 Å². The van der Waals surface area contributed by atoms with Gasteiger partial charge < -0.3 is 9.13 Å². The smallest absolute Gasteiger partial charge is 0.163 e. The van der Waals surface area contributed by atoms with Crippen LogP contribution in [0.2, 0.25) is 0 Å². The normalized spacial score (nSPS) is 11.6. The third kappa shape index (κ3) is 4.99. The van der Waals surface area contributed by atoms with Crippen LogP contribution < -0.4 is 0 Å². The molecule has 0 N–H and O–H groups in total. The second kappa shape index (κ2) is 13.5. The summed E-state index contributed by atoms with van der Waals surface area (Å²) in [6, 6.07) is 70.4. The lowest BCUT2D eigenvalue weighted by atomic mass is 9.94. The summed E-state index contributed by atoms with van der Waals surface area (Å²) in [5, 5.41) is 17.5. The number of para-hydroxylation sites is 6. The summed E-state index contributed by atoms with van der Waals surface area (Å²) in [5.41, 5.74) is 12.5. The molecular weight excluding hydrogens is 743 g/mol. The van der Waals surface area contributed by atoms with Gasteiger partial charge in [0.15, 0.2) is 5.82 Å². The Morgan fingerprint density at radius 3 is 1.21 bits per heavy atom. The first-order valence-electron chi connectivity index (χ1n) is 20.3. The molecule has 0 aliphatic heterocycles. The number of fused-ring (bicyclic) bond motifs is 9. The Morgan fingerprint density at radius 1 is 0.393 bits per heavy atom. The van der Waals surface area contributed by atoms with E-state index in [0.717, 1.165) is 105 Å². The monoisotopic (exact) mass is 775 g/mol. The first-order chi connectivity index (χ1) is 30.2. The zero-order chi connectivity index (χ0) is 40.6. The summed E-state index contributed by atoms with van der Waals surface area (Å²) in [6.45, 7) is 0. The molecule has 4 aromatic heterocycles. The molecule has 0 amide bonds. The minimum atomic E-state index is 0.429. The fourth-order valence-electron chi connectivity index (χ4n) is 9.61. The van der Waals surface area contributed by atoms with E-state index in [-0.39, 0.29) is 0 Å². The molecule has 0 saturated heterocycles. The molecule has 0 fully saturated rings. The quantitative estimate of drug-likeness (QED) is 0.164. The Kier molecular flexibility index (Phi) is 7.59. The number of terminal acetylenes is 1. The highest BCUT2D eigenvalue weighted by Gasteiger charge is 2.31. The van der Waals surface area contributed by atoms with Gasteiger partial charge in [-0.1, -0.05) is 152 Å². The lowest BCUT2D eigenvalue weighted by molar-refractivity contribution is 1.01. The van der Waals surface area contributed by atoms with E-state index in [2.05, 4.69) is 202 Å². The van der Waals surface area contributed by atoms with Gasteiger partial charge in [-0.15, -0.1) is 6.42 Å². The maximum absolute atomic E-state index is 10.7. The SMILES string of the molecule is C#Cc1ccc(-c2c(-n3c4ccccc4c4ccccc43)c(-c3ccccc3)nc(-n3c4ccccc4c4ccccc43)c2-n2c3ccccc3c3ccccc32)cc1C#N. The van der Waals surface area contributed by atoms with Crippen molar-refractivity contribution in [3.8, 4) is 58.0 Å². The summed E-state index contributed by atoms with van der Waals surface area (Å²) in [4.78, 5) is 6.01. The van der Waals surface area contributed by atoms with Gasteiger partial charge in [-0.2, -0.15) is 5.26 Å². The van der Waals surface area contributed by atoms with Crippen molar-refractivity contribution < 1.29 is 0 Å². The maximum Gasteiger partial charge on any atom is 0.163 e. The van der Waals surface area contributed by atoms with Crippen molar-refractivity contribution in [2.75, 3.05) is 0 Å². The molecule has 0 saturated carbocycles. The zero-order valence-electron chi connectivity index (χ0n) is 32.8. The van der Waals surface area contributed by atoms with Crippen LogP contribution in [0.4, 0.5) is 0 Å². The number of hydrogen-bond donors (Lipinski definition) is 0. The van der Waals surface area contributed by atoms with Crippen LogP contribution >= 0.6 is 0 Å². The summed E-state index contributed by atoms with van der Waals surface area (Å²) in [7, 11) is 0. The molecule has 0 aliphatic rings. The van der Waals surface area contributed by atoms with Crippen LogP contribution in [0, 0.1) is 23.7 Å². The van der Waals surface area contributed by atoms with Crippen LogP contribution in [0.3, 0.4) is 0 Å². The number of pyridine rings is 1. The van der Waals surface area contributed by atoms with Gasteiger partial charge in [0, 0.05) is 49.0 Å². The van der Waals surface area contributed by atoms with Gasteiger partial charge in [0.1, 0.15) is 6.07 Å². The summed E-state index contributed by atoms with van der Waals surface area (Å²) in [5.74, 6) is 3.52. The topological polar surface area (TPSA) is 51.5 Å². The largest absolute Gasteiger partial charge is 0.306 e. The van der Waals surface area contributed by atoms with Crippen LogP contribution in [-0.4, -0.2) is 18.7 Å². The lowest BCUT2D eigenvalue weighted by Crippen LogP contribution is -2.13. The van der Waals surface area contributed by atoms with Gasteiger partial charge in [0.2, 0.25) is 0 Å².